The number of phenols is 1. The Morgan fingerprint density at radius 2 is 1.62 bits per heavy atom. The van der Waals surface area contributed by atoms with E-state index in [2.05, 4.69) is 21.4 Å². The Morgan fingerprint density at radius 3 is 2.27 bits per heavy atom. The first-order valence-corrected chi connectivity index (χ1v) is 17.7. The maximum atomic E-state index is 12.9. The highest BCUT2D eigenvalue weighted by Crippen LogP contribution is 2.27. The van der Waals surface area contributed by atoms with E-state index in [-0.39, 0.29) is 46.7 Å². The summed E-state index contributed by atoms with van der Waals surface area (Å²) in [5.74, 6) is -0.126. The highest BCUT2D eigenvalue weighted by atomic mass is 16.6. The number of amides is 2. The lowest BCUT2D eigenvalue weighted by Crippen LogP contribution is -2.36. The third-order valence-electron chi connectivity index (χ3n) is 8.72. The fourth-order valence-electron chi connectivity index (χ4n) is 5.61. The number of rotatable bonds is 22. The second kappa shape index (κ2) is 21.2. The van der Waals surface area contributed by atoms with Gasteiger partial charge in [0.2, 0.25) is 5.91 Å². The van der Waals surface area contributed by atoms with Crippen LogP contribution in [0.25, 0.3) is 0 Å². The standard InChI is InChI=1S/C37H51N11O7/c1-47(37(51)28(20-38)34(41)42)9-11-53-13-15-55-17-16-54-14-12-52-10-7-31(50)48-8-6-25-18-24(2-3-27(25)22-48)21-44-36-32(35(43)45-23-46-36)33(40)26-4-5-30(49)29(39)19-26/h2-5,18-20,23,38,40,49H,6-17,21-22,39,41-42H2,1H3,(H3,43,44,45,46). The van der Waals surface area contributed by atoms with Crippen LogP contribution in [0.2, 0.25) is 0 Å². The van der Waals surface area contributed by atoms with Crippen LogP contribution in [0.3, 0.4) is 0 Å². The average Bonchev–Trinajstić information content (AvgIpc) is 3.17. The van der Waals surface area contributed by atoms with Crippen molar-refractivity contribution in [1.29, 1.82) is 10.8 Å². The highest BCUT2D eigenvalue weighted by molar-refractivity contribution is 6.16. The van der Waals surface area contributed by atoms with Crippen LogP contribution < -0.4 is 28.3 Å². The minimum absolute atomic E-state index is 0.0334. The number of carbonyl (C=O) groups excluding carboxylic acids is 2. The van der Waals surface area contributed by atoms with E-state index >= 15 is 0 Å². The van der Waals surface area contributed by atoms with Crippen LogP contribution >= 0.6 is 0 Å². The van der Waals surface area contributed by atoms with E-state index in [1.807, 2.05) is 17.0 Å². The third-order valence-corrected chi connectivity index (χ3v) is 8.72. The summed E-state index contributed by atoms with van der Waals surface area (Å²) in [6.45, 7) is 4.72. The second-order valence-corrected chi connectivity index (χ2v) is 12.6. The first-order valence-electron chi connectivity index (χ1n) is 17.7. The zero-order valence-electron chi connectivity index (χ0n) is 31.0. The smallest absolute Gasteiger partial charge is 0.258 e. The molecule has 0 unspecified atom stereocenters. The predicted octanol–water partition coefficient (Wildman–Crippen LogP) is 0.953. The molecule has 2 amide bonds. The number of hydrogen-bond acceptors (Lipinski definition) is 16. The monoisotopic (exact) mass is 761 g/mol. The number of ether oxygens (including phenoxy) is 4. The van der Waals surface area contributed by atoms with E-state index in [0.29, 0.717) is 96.0 Å². The number of fused-ring (bicyclic) bond motifs is 1. The van der Waals surface area contributed by atoms with Gasteiger partial charge in [0.25, 0.3) is 5.91 Å². The van der Waals surface area contributed by atoms with E-state index in [1.165, 1.54) is 28.9 Å². The van der Waals surface area contributed by atoms with Gasteiger partial charge in [0.15, 0.2) is 0 Å². The summed E-state index contributed by atoms with van der Waals surface area (Å²) in [5, 5.41) is 29.0. The Kier molecular flexibility index (Phi) is 16.1. The van der Waals surface area contributed by atoms with Gasteiger partial charge in [-0.2, -0.15) is 0 Å². The highest BCUT2D eigenvalue weighted by Gasteiger charge is 2.22. The van der Waals surface area contributed by atoms with Gasteiger partial charge >= 0.3 is 0 Å². The molecule has 55 heavy (non-hydrogen) atoms. The van der Waals surface area contributed by atoms with Crippen molar-refractivity contribution >= 4 is 41.1 Å². The zero-order valence-corrected chi connectivity index (χ0v) is 31.0. The van der Waals surface area contributed by atoms with Crippen molar-refractivity contribution in [2.45, 2.75) is 25.9 Å². The van der Waals surface area contributed by atoms with Gasteiger partial charge in [-0.1, -0.05) is 18.2 Å². The van der Waals surface area contributed by atoms with E-state index in [4.69, 9.17) is 52.7 Å². The number of anilines is 3. The Labute approximate surface area is 319 Å². The molecule has 1 aliphatic heterocycles. The van der Waals surface area contributed by atoms with Crippen molar-refractivity contribution in [2.24, 2.45) is 11.5 Å². The van der Waals surface area contributed by atoms with Gasteiger partial charge in [-0.05, 0) is 41.3 Å². The minimum atomic E-state index is -0.444. The molecule has 0 saturated heterocycles. The van der Waals surface area contributed by atoms with Crippen LogP contribution in [-0.4, -0.2) is 122 Å². The number of likely N-dealkylation sites (N-methyl/N-ethyl adjacent to an activating group) is 1. The first-order chi connectivity index (χ1) is 26.5. The molecule has 1 aliphatic rings. The molecular weight excluding hydrogens is 710 g/mol. The molecule has 0 fully saturated rings. The zero-order chi connectivity index (χ0) is 39.7. The van der Waals surface area contributed by atoms with E-state index in [9.17, 15) is 14.7 Å². The maximum absolute atomic E-state index is 12.9. The maximum Gasteiger partial charge on any atom is 0.258 e. The van der Waals surface area contributed by atoms with Gasteiger partial charge in [-0.25, -0.2) is 9.97 Å². The molecule has 18 nitrogen and oxygen atoms in total. The molecule has 1 aromatic heterocycles. The summed E-state index contributed by atoms with van der Waals surface area (Å²) in [7, 11) is 1.57. The topological polar surface area (TPSA) is 287 Å². The van der Waals surface area contributed by atoms with Crippen molar-refractivity contribution in [3.05, 3.63) is 81.9 Å². The lowest BCUT2D eigenvalue weighted by atomic mass is 9.97. The molecular formula is C37H51N11O7. The number of hydrogen-bond donors (Lipinski definition) is 8. The molecule has 2 aromatic carbocycles. The number of aromatic nitrogens is 2. The lowest BCUT2D eigenvalue weighted by molar-refractivity contribution is -0.133. The van der Waals surface area contributed by atoms with Crippen molar-refractivity contribution in [3.63, 3.8) is 0 Å². The lowest BCUT2D eigenvalue weighted by Gasteiger charge is -2.29. The average molecular weight is 762 g/mol. The molecule has 2 heterocycles. The molecule has 12 N–H and O–H groups in total. The number of aromatic hydroxyl groups is 1. The fraction of sp³-hybridized carbons (Fsp3) is 0.405. The van der Waals surface area contributed by atoms with Crippen LogP contribution in [0.15, 0.2) is 54.1 Å². The summed E-state index contributed by atoms with van der Waals surface area (Å²) >= 11 is 0. The molecule has 0 aliphatic carbocycles. The Morgan fingerprint density at radius 1 is 0.945 bits per heavy atom. The summed E-state index contributed by atoms with van der Waals surface area (Å²) in [4.78, 5) is 36.6. The van der Waals surface area contributed by atoms with E-state index in [1.54, 1.807) is 13.1 Å². The SMILES string of the molecule is CN(CCOCCOCCOCCOCCC(=O)N1CCc2cc(CNc3ncnc(N)c3C(=N)c3ccc(O)c(N)c3)ccc2C1)C(=O)C(C=N)=C(N)N. The van der Waals surface area contributed by atoms with Crippen molar-refractivity contribution < 1.29 is 33.6 Å². The van der Waals surface area contributed by atoms with Gasteiger partial charge in [-0.3, -0.25) is 15.0 Å². The molecule has 0 bridgehead atoms. The summed E-state index contributed by atoms with van der Waals surface area (Å²) < 4.78 is 22.1. The number of nitrogens with one attached hydrogen (secondary N) is 3. The third kappa shape index (κ3) is 12.4. The number of nitrogens with two attached hydrogens (primary N) is 4. The van der Waals surface area contributed by atoms with Gasteiger partial charge in [-0.15, -0.1) is 0 Å². The van der Waals surface area contributed by atoms with Crippen LogP contribution in [0.4, 0.5) is 17.3 Å². The Bertz CT molecular complexity index is 1830. The number of nitrogens with zero attached hydrogens (tertiary/aromatic N) is 4. The molecule has 0 saturated carbocycles. The van der Waals surface area contributed by atoms with Gasteiger partial charge in [0.05, 0.1) is 81.8 Å². The van der Waals surface area contributed by atoms with Gasteiger partial charge in [0.1, 0.15) is 29.5 Å². The molecule has 0 atom stereocenters. The van der Waals surface area contributed by atoms with Crippen LogP contribution in [0.1, 0.15) is 34.2 Å². The Hall–Kier alpha value is -5.82. The van der Waals surface area contributed by atoms with Crippen LogP contribution in [0.5, 0.6) is 5.75 Å². The summed E-state index contributed by atoms with van der Waals surface area (Å²) in [5.41, 5.74) is 27.1. The van der Waals surface area contributed by atoms with Crippen molar-refractivity contribution in [2.75, 3.05) is 89.8 Å². The number of nitrogen functional groups attached to an aromatic ring is 2. The molecule has 18 heteroatoms. The predicted molar refractivity (Wildman–Crippen MR) is 207 cm³/mol. The second-order valence-electron chi connectivity index (χ2n) is 12.6. The van der Waals surface area contributed by atoms with Crippen LogP contribution in [0, 0.1) is 10.8 Å². The normalized spacial score (nSPS) is 12.1. The quantitative estimate of drug-likeness (QED) is 0.0233. The number of benzene rings is 2. The molecule has 0 spiro atoms. The largest absolute Gasteiger partial charge is 0.506 e. The molecule has 296 valence electrons. The molecule has 0 radical (unpaired) electrons. The fourth-order valence-corrected chi connectivity index (χ4v) is 5.61. The van der Waals surface area contributed by atoms with E-state index in [0.717, 1.165) is 23.8 Å². The minimum Gasteiger partial charge on any atom is -0.506 e. The Balaban J connectivity index is 1.07. The van der Waals surface area contributed by atoms with E-state index < -0.39 is 5.91 Å². The summed E-state index contributed by atoms with van der Waals surface area (Å²) in [6, 6.07) is 10.7. The van der Waals surface area contributed by atoms with Crippen molar-refractivity contribution in [3.8, 4) is 5.75 Å². The number of phenolic OH excluding ortho intramolecular Hbond substituents is 1. The first kappa shape index (κ1) is 41.9. The molecule has 3 aromatic rings. The van der Waals surface area contributed by atoms with Gasteiger partial charge < -0.3 is 67.5 Å². The number of carbonyl (C=O) groups is 2. The van der Waals surface area contributed by atoms with Crippen molar-refractivity contribution in [1.82, 2.24) is 19.8 Å². The summed E-state index contributed by atoms with van der Waals surface area (Å²) in [6.07, 6.45) is 3.17. The molecule has 4 rings (SSSR count). The van der Waals surface area contributed by atoms with Crippen LogP contribution in [-0.2, 0) is 48.0 Å². The van der Waals surface area contributed by atoms with Gasteiger partial charge in [0, 0.05) is 45.0 Å².